The number of pyridine rings is 1. The van der Waals surface area contributed by atoms with Gasteiger partial charge in [0.2, 0.25) is 11.8 Å². The Morgan fingerprint density at radius 1 is 0.661 bits per heavy atom. The zero-order chi connectivity index (χ0) is 38.8. The highest BCUT2D eigenvalue weighted by Crippen LogP contribution is 2.39. The Morgan fingerprint density at radius 3 is 1.79 bits per heavy atom. The third kappa shape index (κ3) is 7.39. The number of hydrogen-bond donors (Lipinski definition) is 2. The van der Waals surface area contributed by atoms with E-state index in [2.05, 4.69) is 68.4 Å². The van der Waals surface area contributed by atoms with Crippen LogP contribution < -0.4 is 0 Å². The summed E-state index contributed by atoms with van der Waals surface area (Å²) in [6.07, 6.45) is 9.24. The summed E-state index contributed by atoms with van der Waals surface area (Å²) < 4.78 is 0. The number of H-pyrrole nitrogens is 2. The number of imidazole rings is 2. The van der Waals surface area contributed by atoms with Crippen LogP contribution in [0.25, 0.3) is 33.6 Å². The second-order valence-corrected chi connectivity index (χ2v) is 15.3. The van der Waals surface area contributed by atoms with Crippen LogP contribution in [0.5, 0.6) is 0 Å². The van der Waals surface area contributed by atoms with E-state index in [9.17, 15) is 9.59 Å². The SMILES string of the molecule is CN(C)C(=O)C(c1ccccn1)N1CCC[C@H]1c1ncc(-c2ccc(-c3ccc(-c4cnc([C@@H]5CCCN5C(=O)[C@@H](c5ccccc5)N(C)C)[nH]4)cc3)cc2)[nH]1. The first kappa shape index (κ1) is 37.0. The van der Waals surface area contributed by atoms with E-state index in [0.717, 1.165) is 95.3 Å². The van der Waals surface area contributed by atoms with Gasteiger partial charge >= 0.3 is 0 Å². The standard InChI is InChI=1S/C45H49N9O2/c1-51(2)40(34-12-6-5-7-13-34)45(56)54-27-11-16-39(54)43-48-29-37(50-43)33-23-19-31(20-24-33)30-17-21-32(22-18-30)36-28-47-42(49-36)38-15-10-26-53(38)41(44(55)52(3)4)35-14-8-9-25-46-35/h5-9,12-14,17-25,28-29,38-41H,10-11,15-16,26-27H2,1-4H3,(H,47,49)(H,48,50)/t38-,39-,40+,41?/m0/s1. The van der Waals surface area contributed by atoms with Crippen LogP contribution in [0.1, 0.15) is 72.8 Å². The zero-order valence-electron chi connectivity index (χ0n) is 32.5. The fraction of sp³-hybridized carbons (Fsp3) is 0.311. The predicted molar refractivity (Wildman–Crippen MR) is 218 cm³/mol. The second kappa shape index (κ2) is 16.1. The third-order valence-electron chi connectivity index (χ3n) is 11.2. The number of aromatic nitrogens is 5. The molecule has 0 bridgehead atoms. The Balaban J connectivity index is 0.944. The topological polar surface area (TPSA) is 117 Å². The lowest BCUT2D eigenvalue weighted by Gasteiger charge is -2.32. The molecule has 1 unspecified atom stereocenters. The van der Waals surface area contributed by atoms with Gasteiger partial charge in [0.05, 0.1) is 41.6 Å². The van der Waals surface area contributed by atoms with Crippen molar-refractivity contribution in [2.24, 2.45) is 0 Å². The first-order chi connectivity index (χ1) is 27.3. The number of nitrogens with one attached hydrogen (secondary N) is 2. The monoisotopic (exact) mass is 747 g/mol. The molecule has 8 rings (SSSR count). The van der Waals surface area contributed by atoms with Gasteiger partial charge in [0.1, 0.15) is 23.7 Å². The van der Waals surface area contributed by atoms with Gasteiger partial charge in [-0.1, -0.05) is 84.9 Å². The minimum Gasteiger partial charge on any atom is -0.347 e. The first-order valence-electron chi connectivity index (χ1n) is 19.5. The van der Waals surface area contributed by atoms with Crippen molar-refractivity contribution in [1.29, 1.82) is 0 Å². The molecule has 2 aliphatic rings. The van der Waals surface area contributed by atoms with E-state index in [0.29, 0.717) is 0 Å². The molecule has 5 heterocycles. The fourth-order valence-electron chi connectivity index (χ4n) is 8.37. The number of aromatic amines is 2. The van der Waals surface area contributed by atoms with E-state index in [1.165, 1.54) is 0 Å². The molecule has 3 aromatic heterocycles. The molecule has 2 fully saturated rings. The van der Waals surface area contributed by atoms with Crippen molar-refractivity contribution in [3.8, 4) is 33.6 Å². The van der Waals surface area contributed by atoms with Crippen molar-refractivity contribution in [1.82, 2.24) is 44.5 Å². The largest absolute Gasteiger partial charge is 0.347 e. The van der Waals surface area contributed by atoms with Crippen LogP contribution in [-0.2, 0) is 9.59 Å². The Morgan fingerprint density at radius 2 is 1.21 bits per heavy atom. The Kier molecular flexibility index (Phi) is 10.6. The van der Waals surface area contributed by atoms with Crippen LogP contribution in [0, 0.1) is 0 Å². The van der Waals surface area contributed by atoms with Crippen molar-refractivity contribution in [2.75, 3.05) is 41.3 Å². The van der Waals surface area contributed by atoms with E-state index in [4.69, 9.17) is 9.97 Å². The molecule has 6 aromatic rings. The lowest BCUT2D eigenvalue weighted by atomic mass is 10.0. The molecular formula is C45H49N9O2. The van der Waals surface area contributed by atoms with Crippen LogP contribution in [0.4, 0.5) is 0 Å². The molecule has 2 aliphatic heterocycles. The summed E-state index contributed by atoms with van der Waals surface area (Å²) >= 11 is 0. The molecule has 0 radical (unpaired) electrons. The van der Waals surface area contributed by atoms with Crippen molar-refractivity contribution >= 4 is 11.8 Å². The summed E-state index contributed by atoms with van der Waals surface area (Å²) in [6.45, 7) is 1.51. The maximum absolute atomic E-state index is 13.9. The van der Waals surface area contributed by atoms with Crippen LogP contribution in [-0.4, -0.2) is 97.6 Å². The minimum absolute atomic E-state index is 0.0157. The average molecular weight is 748 g/mol. The van der Waals surface area contributed by atoms with Gasteiger partial charge in [0, 0.05) is 33.4 Å². The van der Waals surface area contributed by atoms with Crippen molar-refractivity contribution in [3.63, 3.8) is 0 Å². The van der Waals surface area contributed by atoms with Crippen LogP contribution in [0.15, 0.2) is 116 Å². The van der Waals surface area contributed by atoms with E-state index in [1.807, 2.05) is 84.8 Å². The van der Waals surface area contributed by atoms with E-state index >= 15 is 0 Å². The predicted octanol–water partition coefficient (Wildman–Crippen LogP) is 7.46. The van der Waals surface area contributed by atoms with Gasteiger partial charge in [0.25, 0.3) is 0 Å². The number of likely N-dealkylation sites (tertiary alicyclic amines) is 2. The van der Waals surface area contributed by atoms with Gasteiger partial charge in [-0.15, -0.1) is 0 Å². The molecule has 3 aromatic carbocycles. The smallest absolute Gasteiger partial charge is 0.245 e. The van der Waals surface area contributed by atoms with Crippen LogP contribution in [0.3, 0.4) is 0 Å². The summed E-state index contributed by atoms with van der Waals surface area (Å²) in [6, 6.07) is 31.8. The average Bonchev–Trinajstić information content (AvgIpc) is 4.06. The highest BCUT2D eigenvalue weighted by atomic mass is 16.2. The molecule has 2 amide bonds. The molecule has 0 spiro atoms. The summed E-state index contributed by atoms with van der Waals surface area (Å²) in [4.78, 5) is 56.5. The summed E-state index contributed by atoms with van der Waals surface area (Å²) in [5.41, 5.74) is 7.94. The number of amides is 2. The van der Waals surface area contributed by atoms with Crippen LogP contribution >= 0.6 is 0 Å². The highest BCUT2D eigenvalue weighted by Gasteiger charge is 2.40. The van der Waals surface area contributed by atoms with E-state index in [1.54, 1.807) is 25.2 Å². The molecule has 11 heteroatoms. The molecule has 11 nitrogen and oxygen atoms in total. The quantitative estimate of drug-likeness (QED) is 0.141. The molecular weight excluding hydrogens is 699 g/mol. The number of likely N-dealkylation sites (N-methyl/N-ethyl adjacent to an activating group) is 2. The summed E-state index contributed by atoms with van der Waals surface area (Å²) in [5, 5.41) is 0. The lowest BCUT2D eigenvalue weighted by Crippen LogP contribution is -2.40. The Hall–Kier alpha value is -5.91. The van der Waals surface area contributed by atoms with Crippen molar-refractivity contribution < 1.29 is 9.59 Å². The van der Waals surface area contributed by atoms with Crippen molar-refractivity contribution in [2.45, 2.75) is 49.9 Å². The maximum atomic E-state index is 13.9. The zero-order valence-corrected chi connectivity index (χ0v) is 32.5. The normalized spacial score (nSPS) is 18.3. The number of carbonyl (C=O) groups excluding carboxylic acids is 2. The number of nitrogens with zero attached hydrogens (tertiary/aromatic N) is 7. The summed E-state index contributed by atoms with van der Waals surface area (Å²) in [7, 11) is 7.51. The molecule has 0 saturated carbocycles. The van der Waals surface area contributed by atoms with Crippen LogP contribution in [0.2, 0.25) is 0 Å². The van der Waals surface area contributed by atoms with Gasteiger partial charge in [-0.25, -0.2) is 9.97 Å². The Labute approximate surface area is 328 Å². The van der Waals surface area contributed by atoms with Gasteiger partial charge < -0.3 is 19.8 Å². The highest BCUT2D eigenvalue weighted by molar-refractivity contribution is 5.84. The molecule has 2 saturated heterocycles. The first-order valence-corrected chi connectivity index (χ1v) is 19.5. The number of carbonyl (C=O) groups is 2. The van der Waals surface area contributed by atoms with Gasteiger partial charge in [0.15, 0.2) is 0 Å². The number of benzene rings is 3. The molecule has 0 aliphatic carbocycles. The van der Waals surface area contributed by atoms with E-state index in [-0.39, 0.29) is 29.9 Å². The number of hydrogen-bond acceptors (Lipinski definition) is 7. The molecule has 2 N–H and O–H groups in total. The van der Waals surface area contributed by atoms with Gasteiger partial charge in [-0.05, 0) is 79.7 Å². The number of rotatable bonds is 11. The molecule has 4 atom stereocenters. The van der Waals surface area contributed by atoms with Gasteiger partial charge in [-0.2, -0.15) is 0 Å². The molecule has 56 heavy (non-hydrogen) atoms. The Bertz CT molecular complexity index is 2250. The summed E-state index contributed by atoms with van der Waals surface area (Å²) in [5.74, 6) is 1.81. The van der Waals surface area contributed by atoms with Gasteiger partial charge in [-0.3, -0.25) is 24.4 Å². The minimum atomic E-state index is -0.470. The maximum Gasteiger partial charge on any atom is 0.245 e. The van der Waals surface area contributed by atoms with Crippen molar-refractivity contribution in [3.05, 3.63) is 139 Å². The van der Waals surface area contributed by atoms with E-state index < -0.39 is 6.04 Å². The molecule has 286 valence electrons. The second-order valence-electron chi connectivity index (χ2n) is 15.3. The third-order valence-corrected chi connectivity index (χ3v) is 11.2. The lowest BCUT2D eigenvalue weighted by molar-refractivity contribution is -0.137. The fourth-order valence-corrected chi connectivity index (χ4v) is 8.37.